The molecule has 18 heavy (non-hydrogen) atoms. The zero-order chi connectivity index (χ0) is 13.3. The lowest BCUT2D eigenvalue weighted by atomic mass is 10.2. The van der Waals surface area contributed by atoms with Crippen molar-refractivity contribution in [1.29, 1.82) is 0 Å². The summed E-state index contributed by atoms with van der Waals surface area (Å²) in [4.78, 5) is 6.07. The molecule has 2 heterocycles. The molecule has 0 aromatic carbocycles. The first-order chi connectivity index (χ1) is 8.43. The van der Waals surface area contributed by atoms with Crippen molar-refractivity contribution >= 4 is 27.3 Å². The van der Waals surface area contributed by atoms with Crippen molar-refractivity contribution < 1.29 is 13.5 Å². The topological polar surface area (TPSA) is 70.5 Å². The van der Waals surface area contributed by atoms with Gasteiger partial charge in [-0.15, -0.1) is 0 Å². The lowest BCUT2D eigenvalue weighted by Gasteiger charge is -2.24. The number of aliphatic hydroxyl groups is 1. The van der Waals surface area contributed by atoms with Gasteiger partial charge < -0.3 is 10.0 Å². The number of hydrogen-bond acceptors (Lipinski definition) is 5. The van der Waals surface area contributed by atoms with Crippen molar-refractivity contribution in [2.45, 2.75) is 19.1 Å². The molecule has 1 unspecified atom stereocenters. The summed E-state index contributed by atoms with van der Waals surface area (Å²) in [6, 6.07) is 3.33. The summed E-state index contributed by atoms with van der Waals surface area (Å²) in [6.07, 6.45) is 0.609. The highest BCUT2D eigenvalue weighted by Crippen LogP contribution is 2.24. The number of hydrogen-bond donors (Lipinski definition) is 1. The van der Waals surface area contributed by atoms with Crippen LogP contribution in [0.2, 0.25) is 5.02 Å². The van der Waals surface area contributed by atoms with Gasteiger partial charge >= 0.3 is 0 Å². The minimum absolute atomic E-state index is 0.0600. The summed E-state index contributed by atoms with van der Waals surface area (Å²) in [5, 5.41) is 9.52. The standard InChI is InChI=1S/C11H15ClN2O3S/c1-14(8-4-5-18(16,17)7-8)11-3-2-9(12)10(6-15)13-11/h2-3,8,15H,4-7H2,1H3. The van der Waals surface area contributed by atoms with Gasteiger partial charge in [-0.2, -0.15) is 0 Å². The third-order valence-corrected chi connectivity index (χ3v) is 5.27. The van der Waals surface area contributed by atoms with Gasteiger partial charge in [0.25, 0.3) is 0 Å². The van der Waals surface area contributed by atoms with Gasteiger partial charge in [-0.3, -0.25) is 0 Å². The number of pyridine rings is 1. The van der Waals surface area contributed by atoms with Crippen LogP contribution in [0, 0.1) is 0 Å². The molecule has 1 aliphatic rings. The molecule has 0 radical (unpaired) electrons. The van der Waals surface area contributed by atoms with E-state index in [4.69, 9.17) is 16.7 Å². The molecule has 5 nitrogen and oxygen atoms in total. The number of rotatable bonds is 3. The zero-order valence-corrected chi connectivity index (χ0v) is 11.6. The Labute approximate surface area is 111 Å². The number of aromatic nitrogens is 1. The van der Waals surface area contributed by atoms with E-state index in [9.17, 15) is 8.42 Å². The lowest BCUT2D eigenvalue weighted by molar-refractivity contribution is 0.277. The van der Waals surface area contributed by atoms with Crippen LogP contribution < -0.4 is 4.90 Å². The smallest absolute Gasteiger partial charge is 0.152 e. The third kappa shape index (κ3) is 2.76. The maximum Gasteiger partial charge on any atom is 0.152 e. The highest BCUT2D eigenvalue weighted by atomic mass is 35.5. The van der Waals surface area contributed by atoms with Crippen LogP contribution in [0.1, 0.15) is 12.1 Å². The monoisotopic (exact) mass is 290 g/mol. The van der Waals surface area contributed by atoms with Gasteiger partial charge in [0.15, 0.2) is 9.84 Å². The highest BCUT2D eigenvalue weighted by Gasteiger charge is 2.31. The molecular formula is C11H15ClN2O3S. The maximum absolute atomic E-state index is 11.4. The molecule has 1 aromatic rings. The molecule has 0 saturated carbocycles. The fourth-order valence-electron chi connectivity index (χ4n) is 2.05. The number of sulfone groups is 1. The summed E-state index contributed by atoms with van der Waals surface area (Å²) in [7, 11) is -1.11. The van der Waals surface area contributed by atoms with Crippen LogP contribution >= 0.6 is 11.6 Å². The predicted molar refractivity (Wildman–Crippen MR) is 70.6 cm³/mol. The van der Waals surface area contributed by atoms with Crippen molar-refractivity contribution in [3.63, 3.8) is 0 Å². The minimum Gasteiger partial charge on any atom is -0.390 e. The van der Waals surface area contributed by atoms with E-state index in [0.717, 1.165) is 0 Å². The second-order valence-electron chi connectivity index (χ2n) is 4.42. The van der Waals surface area contributed by atoms with Gasteiger partial charge in [-0.25, -0.2) is 13.4 Å². The van der Waals surface area contributed by atoms with Gasteiger partial charge in [-0.05, 0) is 18.6 Å². The number of aliphatic hydroxyl groups excluding tert-OH is 1. The summed E-state index contributed by atoms with van der Waals surface area (Å²) in [6.45, 7) is -0.233. The Morgan fingerprint density at radius 3 is 2.83 bits per heavy atom. The molecule has 0 spiro atoms. The van der Waals surface area contributed by atoms with Crippen molar-refractivity contribution in [3.8, 4) is 0 Å². The number of anilines is 1. The van der Waals surface area contributed by atoms with Gasteiger partial charge in [0, 0.05) is 13.1 Å². The van der Waals surface area contributed by atoms with Crippen molar-refractivity contribution in [3.05, 3.63) is 22.8 Å². The van der Waals surface area contributed by atoms with Crippen LogP contribution in [-0.4, -0.2) is 43.1 Å². The van der Waals surface area contributed by atoms with E-state index in [1.807, 2.05) is 11.9 Å². The molecule has 100 valence electrons. The van der Waals surface area contributed by atoms with Crippen LogP contribution in [0.5, 0.6) is 0 Å². The van der Waals surface area contributed by atoms with E-state index in [0.29, 0.717) is 23.0 Å². The summed E-state index contributed by atoms with van der Waals surface area (Å²) >= 11 is 5.87. The summed E-state index contributed by atoms with van der Waals surface area (Å²) in [5.74, 6) is 1.01. The average Bonchev–Trinajstić information content (AvgIpc) is 2.69. The van der Waals surface area contributed by atoms with Crippen molar-refractivity contribution in [2.24, 2.45) is 0 Å². The summed E-state index contributed by atoms with van der Waals surface area (Å²) in [5.41, 5.74) is 0.405. The van der Waals surface area contributed by atoms with Crippen LogP contribution in [0.15, 0.2) is 12.1 Å². The number of nitrogens with zero attached hydrogens (tertiary/aromatic N) is 2. The van der Waals surface area contributed by atoms with E-state index in [1.165, 1.54) is 0 Å². The SMILES string of the molecule is CN(c1ccc(Cl)c(CO)n1)C1CCS(=O)(=O)C1. The largest absolute Gasteiger partial charge is 0.390 e. The molecule has 0 amide bonds. The molecule has 1 aromatic heterocycles. The fourth-order valence-corrected chi connectivity index (χ4v) is 3.99. The molecule has 1 N–H and O–H groups in total. The molecule has 0 aliphatic carbocycles. The van der Waals surface area contributed by atoms with Gasteiger partial charge in [0.1, 0.15) is 5.82 Å². The van der Waals surface area contributed by atoms with Gasteiger partial charge in [-0.1, -0.05) is 11.6 Å². The van der Waals surface area contributed by atoms with E-state index in [1.54, 1.807) is 12.1 Å². The van der Waals surface area contributed by atoms with Crippen LogP contribution in [0.3, 0.4) is 0 Å². The van der Waals surface area contributed by atoms with E-state index in [2.05, 4.69) is 4.98 Å². The van der Waals surface area contributed by atoms with Crippen molar-refractivity contribution in [1.82, 2.24) is 4.98 Å². The van der Waals surface area contributed by atoms with E-state index in [-0.39, 0.29) is 24.2 Å². The van der Waals surface area contributed by atoms with Crippen LogP contribution in [0.4, 0.5) is 5.82 Å². The molecule has 1 atom stereocenters. The Morgan fingerprint density at radius 1 is 1.56 bits per heavy atom. The summed E-state index contributed by atoms with van der Waals surface area (Å²) < 4.78 is 22.9. The molecular weight excluding hydrogens is 276 g/mol. The number of halogens is 1. The van der Waals surface area contributed by atoms with Gasteiger partial charge in [0.2, 0.25) is 0 Å². The second-order valence-corrected chi connectivity index (χ2v) is 7.06. The Hall–Kier alpha value is -0.850. The molecule has 1 aliphatic heterocycles. The Balaban J connectivity index is 2.21. The molecule has 1 saturated heterocycles. The van der Waals surface area contributed by atoms with Crippen molar-refractivity contribution in [2.75, 3.05) is 23.5 Å². The quantitative estimate of drug-likeness (QED) is 0.894. The van der Waals surface area contributed by atoms with Crippen LogP contribution in [-0.2, 0) is 16.4 Å². The molecule has 1 fully saturated rings. The predicted octanol–water partition coefficient (Wildman–Crippen LogP) is 0.851. The average molecular weight is 291 g/mol. The first kappa shape index (κ1) is 13.6. The highest BCUT2D eigenvalue weighted by molar-refractivity contribution is 7.91. The normalized spacial score (nSPS) is 22.1. The fraction of sp³-hybridized carbons (Fsp3) is 0.545. The maximum atomic E-state index is 11.4. The molecule has 2 rings (SSSR count). The lowest BCUT2D eigenvalue weighted by Crippen LogP contribution is -2.33. The van der Waals surface area contributed by atoms with Gasteiger partial charge in [0.05, 0.1) is 28.8 Å². The Kier molecular flexibility index (Phi) is 3.79. The molecule has 7 heteroatoms. The van der Waals surface area contributed by atoms with E-state index >= 15 is 0 Å². The van der Waals surface area contributed by atoms with E-state index < -0.39 is 9.84 Å². The molecule has 0 bridgehead atoms. The zero-order valence-electron chi connectivity index (χ0n) is 10.0. The van der Waals surface area contributed by atoms with Crippen LogP contribution in [0.25, 0.3) is 0 Å². The second kappa shape index (κ2) is 5.03. The third-order valence-electron chi connectivity index (χ3n) is 3.17. The first-order valence-corrected chi connectivity index (χ1v) is 7.82. The Bertz CT molecular complexity index is 547. The first-order valence-electron chi connectivity index (χ1n) is 5.62. The minimum atomic E-state index is -2.92. The Morgan fingerprint density at radius 2 is 2.28 bits per heavy atom.